The number of amides is 1. The molecular weight excluding hydrogens is 376 g/mol. The fourth-order valence-electron chi connectivity index (χ4n) is 4.12. The van der Waals surface area contributed by atoms with Gasteiger partial charge in [0.1, 0.15) is 0 Å². The third-order valence-electron chi connectivity index (χ3n) is 5.64. The number of halogens is 1. The Labute approximate surface area is 170 Å². The van der Waals surface area contributed by atoms with Gasteiger partial charge in [-0.05, 0) is 61.9 Å². The van der Waals surface area contributed by atoms with Gasteiger partial charge in [0.05, 0.1) is 11.4 Å². The summed E-state index contributed by atoms with van der Waals surface area (Å²) < 4.78 is 0. The van der Waals surface area contributed by atoms with E-state index in [1.807, 2.05) is 22.7 Å². The summed E-state index contributed by atoms with van der Waals surface area (Å²) in [5.74, 6) is 0.943. The molecule has 2 aromatic rings. The van der Waals surface area contributed by atoms with Crippen molar-refractivity contribution < 1.29 is 4.79 Å². The van der Waals surface area contributed by atoms with Crippen LogP contribution in [0.2, 0.25) is 5.02 Å². The Morgan fingerprint density at radius 2 is 1.85 bits per heavy atom. The molecule has 0 bridgehead atoms. The van der Waals surface area contributed by atoms with E-state index in [0.29, 0.717) is 0 Å². The van der Waals surface area contributed by atoms with Crippen LogP contribution in [-0.2, 0) is 4.79 Å². The number of carbonyl (C=O) groups excluding carboxylic acids is 1. The number of fused-ring (bicyclic) bond motifs is 2. The Kier molecular flexibility index (Phi) is 5.65. The van der Waals surface area contributed by atoms with Crippen molar-refractivity contribution in [3.8, 4) is 0 Å². The maximum Gasteiger partial charge on any atom is 0.219 e. The second-order valence-corrected chi connectivity index (χ2v) is 8.95. The van der Waals surface area contributed by atoms with Crippen molar-refractivity contribution in [1.29, 1.82) is 0 Å². The first-order valence-corrected chi connectivity index (χ1v) is 10.9. The lowest BCUT2D eigenvalue weighted by Gasteiger charge is -2.34. The number of piperidine rings is 1. The Morgan fingerprint density at radius 1 is 1.11 bits per heavy atom. The lowest BCUT2D eigenvalue weighted by atomic mass is 9.92. The van der Waals surface area contributed by atoms with Crippen molar-refractivity contribution in [2.24, 2.45) is 5.92 Å². The first kappa shape index (κ1) is 18.7. The second kappa shape index (κ2) is 8.15. The van der Waals surface area contributed by atoms with Crippen molar-refractivity contribution in [2.45, 2.75) is 42.4 Å². The van der Waals surface area contributed by atoms with E-state index < -0.39 is 0 Å². The van der Waals surface area contributed by atoms with Crippen molar-refractivity contribution >= 4 is 40.6 Å². The molecule has 2 aromatic carbocycles. The van der Waals surface area contributed by atoms with Crippen molar-refractivity contribution in [2.75, 3.05) is 24.5 Å². The highest BCUT2D eigenvalue weighted by Gasteiger charge is 2.24. The molecule has 3 nitrogen and oxygen atoms in total. The highest BCUT2D eigenvalue weighted by atomic mass is 35.5. The first-order valence-electron chi connectivity index (χ1n) is 9.71. The van der Waals surface area contributed by atoms with Crippen molar-refractivity contribution in [1.82, 2.24) is 4.90 Å². The van der Waals surface area contributed by atoms with E-state index in [2.05, 4.69) is 41.3 Å². The summed E-state index contributed by atoms with van der Waals surface area (Å²) in [5.41, 5.74) is 2.50. The summed E-state index contributed by atoms with van der Waals surface area (Å²) in [7, 11) is 0. The van der Waals surface area contributed by atoms with Crippen LogP contribution < -0.4 is 4.90 Å². The minimum Gasteiger partial charge on any atom is -0.343 e. The average Bonchev–Trinajstić information content (AvgIpc) is 2.68. The Morgan fingerprint density at radius 3 is 2.63 bits per heavy atom. The Hall–Kier alpha value is -1.65. The number of anilines is 2. The molecule has 1 amide bonds. The Bertz CT molecular complexity index is 833. The molecule has 2 heterocycles. The molecule has 1 saturated heterocycles. The summed E-state index contributed by atoms with van der Waals surface area (Å²) in [6, 6.07) is 14.8. The van der Waals surface area contributed by atoms with Crippen molar-refractivity contribution in [3.05, 3.63) is 47.5 Å². The zero-order valence-electron chi connectivity index (χ0n) is 15.7. The third kappa shape index (κ3) is 4.12. The maximum absolute atomic E-state index is 11.5. The number of nitrogens with zero attached hydrogens (tertiary/aromatic N) is 2. The van der Waals surface area contributed by atoms with Gasteiger partial charge in [-0.25, -0.2) is 0 Å². The molecule has 0 unspecified atom stereocenters. The smallest absolute Gasteiger partial charge is 0.219 e. The molecule has 0 atom stereocenters. The van der Waals surface area contributed by atoms with Gasteiger partial charge in [-0.15, -0.1) is 0 Å². The van der Waals surface area contributed by atoms with Crippen LogP contribution in [0, 0.1) is 5.92 Å². The molecule has 0 aromatic heterocycles. The van der Waals surface area contributed by atoms with Gasteiger partial charge in [0.15, 0.2) is 0 Å². The molecule has 0 spiro atoms. The van der Waals surface area contributed by atoms with Crippen LogP contribution in [0.4, 0.5) is 11.4 Å². The highest BCUT2D eigenvalue weighted by Crippen LogP contribution is 2.48. The van der Waals surface area contributed by atoms with E-state index in [9.17, 15) is 4.79 Å². The lowest BCUT2D eigenvalue weighted by Crippen LogP contribution is -2.37. The van der Waals surface area contributed by atoms with Crippen LogP contribution in [0.3, 0.4) is 0 Å². The molecular formula is C22H25ClN2OS. The average molecular weight is 401 g/mol. The fraction of sp³-hybridized carbons (Fsp3) is 0.409. The van der Waals surface area contributed by atoms with E-state index in [4.69, 9.17) is 11.6 Å². The van der Waals surface area contributed by atoms with Gasteiger partial charge >= 0.3 is 0 Å². The van der Waals surface area contributed by atoms with Gasteiger partial charge in [0.2, 0.25) is 5.91 Å². The molecule has 0 N–H and O–H groups in total. The molecule has 4 rings (SSSR count). The summed E-state index contributed by atoms with van der Waals surface area (Å²) in [6.07, 6.45) is 4.63. The van der Waals surface area contributed by atoms with E-state index in [-0.39, 0.29) is 5.91 Å². The van der Waals surface area contributed by atoms with E-state index in [1.165, 1.54) is 27.6 Å². The molecule has 2 aliphatic rings. The number of hydrogen-bond donors (Lipinski definition) is 0. The lowest BCUT2D eigenvalue weighted by molar-refractivity contribution is -0.130. The molecule has 0 radical (unpaired) electrons. The van der Waals surface area contributed by atoms with Gasteiger partial charge < -0.3 is 9.80 Å². The SMILES string of the molecule is CC(=O)N1CCC(CCCN2c3ccccc3Sc3ccc(Cl)cc32)CC1. The van der Waals surface area contributed by atoms with Gasteiger partial charge in [-0.1, -0.05) is 35.5 Å². The van der Waals surface area contributed by atoms with Crippen LogP contribution in [0.25, 0.3) is 0 Å². The molecule has 27 heavy (non-hydrogen) atoms. The topological polar surface area (TPSA) is 23.6 Å². The van der Waals surface area contributed by atoms with Gasteiger partial charge in [0.25, 0.3) is 0 Å². The van der Waals surface area contributed by atoms with Crippen LogP contribution in [0.5, 0.6) is 0 Å². The van der Waals surface area contributed by atoms with Crippen LogP contribution in [0.1, 0.15) is 32.6 Å². The maximum atomic E-state index is 11.5. The highest BCUT2D eigenvalue weighted by molar-refractivity contribution is 7.99. The minimum absolute atomic E-state index is 0.212. The quantitative estimate of drug-likeness (QED) is 0.630. The zero-order chi connectivity index (χ0) is 18.8. The minimum atomic E-state index is 0.212. The van der Waals surface area contributed by atoms with Crippen LogP contribution in [-0.4, -0.2) is 30.4 Å². The normalized spacial score (nSPS) is 16.8. The molecule has 5 heteroatoms. The molecule has 1 fully saturated rings. The zero-order valence-corrected chi connectivity index (χ0v) is 17.2. The summed E-state index contributed by atoms with van der Waals surface area (Å²) in [6.45, 7) is 4.51. The first-order chi connectivity index (χ1) is 13.1. The predicted molar refractivity (Wildman–Crippen MR) is 113 cm³/mol. The summed E-state index contributed by atoms with van der Waals surface area (Å²) in [4.78, 5) is 18.5. The monoisotopic (exact) mass is 400 g/mol. The van der Waals surface area contributed by atoms with E-state index in [0.717, 1.165) is 49.8 Å². The summed E-state index contributed by atoms with van der Waals surface area (Å²) in [5, 5.41) is 0.787. The van der Waals surface area contributed by atoms with Crippen molar-refractivity contribution in [3.63, 3.8) is 0 Å². The van der Waals surface area contributed by atoms with Crippen LogP contribution >= 0.6 is 23.4 Å². The second-order valence-electron chi connectivity index (χ2n) is 7.43. The van der Waals surface area contributed by atoms with Gasteiger partial charge in [0, 0.05) is 41.4 Å². The third-order valence-corrected chi connectivity index (χ3v) is 7.01. The number of para-hydroxylation sites is 1. The molecule has 0 aliphatic carbocycles. The molecule has 2 aliphatic heterocycles. The number of rotatable bonds is 4. The van der Waals surface area contributed by atoms with E-state index >= 15 is 0 Å². The number of likely N-dealkylation sites (tertiary alicyclic amines) is 1. The molecule has 142 valence electrons. The fourth-order valence-corrected chi connectivity index (χ4v) is 5.36. The number of hydrogen-bond acceptors (Lipinski definition) is 3. The van der Waals surface area contributed by atoms with Gasteiger partial charge in [-0.2, -0.15) is 0 Å². The molecule has 0 saturated carbocycles. The summed E-state index contributed by atoms with van der Waals surface area (Å²) >= 11 is 8.12. The standard InChI is InChI=1S/C22H25ClN2OS/c1-16(26)24-13-10-17(11-14-24)5-4-12-25-19-6-2-3-7-21(19)27-22-9-8-18(23)15-20(22)25/h2-3,6-9,15,17H,4-5,10-14H2,1H3. The van der Waals surface area contributed by atoms with E-state index in [1.54, 1.807) is 6.92 Å². The van der Waals surface area contributed by atoms with Crippen LogP contribution in [0.15, 0.2) is 52.3 Å². The van der Waals surface area contributed by atoms with Gasteiger partial charge in [-0.3, -0.25) is 4.79 Å². The number of carbonyl (C=O) groups is 1. The Balaban J connectivity index is 1.43. The largest absolute Gasteiger partial charge is 0.343 e. The number of benzene rings is 2. The predicted octanol–water partition coefficient (Wildman–Crippen LogP) is 5.98.